The summed E-state index contributed by atoms with van der Waals surface area (Å²) in [4.78, 5) is 0. The van der Waals surface area contributed by atoms with E-state index in [1.807, 2.05) is 0 Å². The summed E-state index contributed by atoms with van der Waals surface area (Å²) < 4.78 is 22.4. The van der Waals surface area contributed by atoms with Crippen LogP contribution in [0, 0.1) is 0 Å². The quantitative estimate of drug-likeness (QED) is 0.672. The van der Waals surface area contributed by atoms with Crippen molar-refractivity contribution in [1.29, 1.82) is 0 Å². The topological polar surface area (TPSA) is 60.2 Å². The van der Waals surface area contributed by atoms with Gasteiger partial charge in [-0.3, -0.25) is 0 Å². The maximum absolute atomic E-state index is 11.4. The Morgan fingerprint density at radius 2 is 2.00 bits per heavy atom. The van der Waals surface area contributed by atoms with E-state index < -0.39 is 14.6 Å². The van der Waals surface area contributed by atoms with Gasteiger partial charge in [0.05, 0.1) is 4.75 Å². The van der Waals surface area contributed by atoms with Crippen LogP contribution >= 0.6 is 0 Å². The molecule has 11 heavy (non-hydrogen) atoms. The Hall–Kier alpha value is -0.0900. The second-order valence-electron chi connectivity index (χ2n) is 3.13. The first-order chi connectivity index (χ1) is 5.08. The molecule has 0 spiro atoms. The standard InChI is InChI=1S/C7H15NO2S/c1-2-11(9,10)7(3-4-7)5-6-8/h2-6,8H2,1H3. The van der Waals surface area contributed by atoms with Crippen LogP contribution in [-0.4, -0.2) is 25.5 Å². The Labute approximate surface area is 67.9 Å². The lowest BCUT2D eigenvalue weighted by molar-refractivity contribution is 0.570. The first-order valence-electron chi connectivity index (χ1n) is 4.00. The van der Waals surface area contributed by atoms with Crippen LogP contribution in [0.25, 0.3) is 0 Å². The fourth-order valence-electron chi connectivity index (χ4n) is 1.43. The number of sulfone groups is 1. The Balaban J connectivity index is 2.73. The van der Waals surface area contributed by atoms with Gasteiger partial charge in [0.15, 0.2) is 9.84 Å². The van der Waals surface area contributed by atoms with Crippen LogP contribution in [0.3, 0.4) is 0 Å². The third-order valence-corrected chi connectivity index (χ3v) is 5.14. The van der Waals surface area contributed by atoms with E-state index in [9.17, 15) is 8.42 Å². The molecule has 1 aliphatic rings. The molecule has 1 fully saturated rings. The summed E-state index contributed by atoms with van der Waals surface area (Å²) in [5.41, 5.74) is 5.34. The Morgan fingerprint density at radius 3 is 2.27 bits per heavy atom. The molecule has 0 aliphatic heterocycles. The molecule has 3 nitrogen and oxygen atoms in total. The van der Waals surface area contributed by atoms with Crippen molar-refractivity contribution >= 4 is 9.84 Å². The van der Waals surface area contributed by atoms with Crippen molar-refractivity contribution in [3.8, 4) is 0 Å². The highest BCUT2D eigenvalue weighted by molar-refractivity contribution is 7.93. The van der Waals surface area contributed by atoms with Gasteiger partial charge in [0.1, 0.15) is 0 Å². The van der Waals surface area contributed by atoms with Crippen LogP contribution in [-0.2, 0) is 9.84 Å². The minimum atomic E-state index is -2.83. The number of hydrogen-bond acceptors (Lipinski definition) is 3. The summed E-state index contributed by atoms with van der Waals surface area (Å²) >= 11 is 0. The second kappa shape index (κ2) is 2.75. The van der Waals surface area contributed by atoms with Crippen LogP contribution in [0.2, 0.25) is 0 Å². The molecular formula is C7H15NO2S. The molecule has 0 aromatic rings. The summed E-state index contributed by atoms with van der Waals surface area (Å²) in [5.74, 6) is 0.257. The van der Waals surface area contributed by atoms with Crippen molar-refractivity contribution in [1.82, 2.24) is 0 Å². The van der Waals surface area contributed by atoms with E-state index in [-0.39, 0.29) is 5.75 Å². The van der Waals surface area contributed by atoms with Gasteiger partial charge < -0.3 is 5.73 Å². The smallest absolute Gasteiger partial charge is 0.155 e. The van der Waals surface area contributed by atoms with Gasteiger partial charge in [0, 0.05) is 5.75 Å². The van der Waals surface area contributed by atoms with E-state index in [1.54, 1.807) is 6.92 Å². The fourth-order valence-corrected chi connectivity index (χ4v) is 3.19. The second-order valence-corrected chi connectivity index (χ2v) is 5.80. The van der Waals surface area contributed by atoms with Crippen molar-refractivity contribution in [3.63, 3.8) is 0 Å². The average molecular weight is 177 g/mol. The van der Waals surface area contributed by atoms with Crippen LogP contribution < -0.4 is 5.73 Å². The predicted molar refractivity (Wildman–Crippen MR) is 45.1 cm³/mol. The zero-order valence-corrected chi connectivity index (χ0v) is 7.65. The van der Waals surface area contributed by atoms with E-state index in [2.05, 4.69) is 0 Å². The molecule has 0 unspecified atom stereocenters. The monoisotopic (exact) mass is 177 g/mol. The minimum absolute atomic E-state index is 0.257. The SMILES string of the molecule is CCS(=O)(=O)C1(CCN)CC1. The zero-order valence-electron chi connectivity index (χ0n) is 6.84. The van der Waals surface area contributed by atoms with Gasteiger partial charge in [-0.2, -0.15) is 0 Å². The molecule has 1 aliphatic carbocycles. The molecule has 4 heteroatoms. The maximum atomic E-state index is 11.4. The molecule has 0 radical (unpaired) electrons. The Kier molecular flexibility index (Phi) is 2.25. The van der Waals surface area contributed by atoms with Crippen molar-refractivity contribution in [2.24, 2.45) is 5.73 Å². The highest BCUT2D eigenvalue weighted by Gasteiger charge is 2.52. The number of hydrogen-bond donors (Lipinski definition) is 1. The summed E-state index contributed by atoms with van der Waals surface area (Å²) in [6.07, 6.45) is 2.28. The number of rotatable bonds is 4. The van der Waals surface area contributed by atoms with Gasteiger partial charge in [-0.1, -0.05) is 6.92 Å². The molecule has 0 aromatic carbocycles. The van der Waals surface area contributed by atoms with Crippen molar-refractivity contribution in [2.45, 2.75) is 30.9 Å². The van der Waals surface area contributed by atoms with Crippen LogP contribution in [0.5, 0.6) is 0 Å². The summed E-state index contributed by atoms with van der Waals surface area (Å²) in [6.45, 7) is 2.19. The highest BCUT2D eigenvalue weighted by atomic mass is 32.2. The lowest BCUT2D eigenvalue weighted by Crippen LogP contribution is -2.27. The molecule has 1 saturated carbocycles. The summed E-state index contributed by atoms with van der Waals surface area (Å²) in [7, 11) is -2.83. The average Bonchev–Trinajstić information content (AvgIpc) is 2.70. The van der Waals surface area contributed by atoms with Gasteiger partial charge >= 0.3 is 0 Å². The lowest BCUT2D eigenvalue weighted by Gasteiger charge is -2.12. The van der Waals surface area contributed by atoms with Gasteiger partial charge in [-0.05, 0) is 25.8 Å². The Morgan fingerprint density at radius 1 is 1.45 bits per heavy atom. The van der Waals surface area contributed by atoms with Gasteiger partial charge in [0.2, 0.25) is 0 Å². The normalized spacial score (nSPS) is 21.6. The number of nitrogens with two attached hydrogens (primary N) is 1. The molecular weight excluding hydrogens is 162 g/mol. The molecule has 0 aromatic heterocycles. The Bertz CT molecular complexity index is 229. The van der Waals surface area contributed by atoms with Crippen LogP contribution in [0.4, 0.5) is 0 Å². The molecule has 0 bridgehead atoms. The van der Waals surface area contributed by atoms with Gasteiger partial charge in [-0.25, -0.2) is 8.42 Å². The highest BCUT2D eigenvalue weighted by Crippen LogP contribution is 2.46. The van der Waals surface area contributed by atoms with Crippen molar-refractivity contribution in [3.05, 3.63) is 0 Å². The van der Waals surface area contributed by atoms with Crippen LogP contribution in [0.15, 0.2) is 0 Å². The van der Waals surface area contributed by atoms with E-state index in [4.69, 9.17) is 5.73 Å². The molecule has 0 atom stereocenters. The molecule has 1 rings (SSSR count). The lowest BCUT2D eigenvalue weighted by atomic mass is 10.3. The first-order valence-corrected chi connectivity index (χ1v) is 5.65. The predicted octanol–water partition coefficient (Wildman–Crippen LogP) is 0.303. The van der Waals surface area contributed by atoms with Crippen molar-refractivity contribution < 1.29 is 8.42 Å². The van der Waals surface area contributed by atoms with Gasteiger partial charge in [0.25, 0.3) is 0 Å². The summed E-state index contributed by atoms with van der Waals surface area (Å²) in [6, 6.07) is 0. The summed E-state index contributed by atoms with van der Waals surface area (Å²) in [5, 5.41) is 0. The molecule has 0 amide bonds. The van der Waals surface area contributed by atoms with Crippen molar-refractivity contribution in [2.75, 3.05) is 12.3 Å². The first kappa shape index (κ1) is 9.00. The largest absolute Gasteiger partial charge is 0.330 e. The molecule has 2 N–H and O–H groups in total. The molecule has 66 valence electrons. The molecule has 0 saturated heterocycles. The fraction of sp³-hybridized carbons (Fsp3) is 1.00. The zero-order chi connectivity index (χ0) is 8.54. The van der Waals surface area contributed by atoms with E-state index >= 15 is 0 Å². The third-order valence-electron chi connectivity index (χ3n) is 2.45. The molecule has 0 heterocycles. The van der Waals surface area contributed by atoms with Gasteiger partial charge in [-0.15, -0.1) is 0 Å². The van der Waals surface area contributed by atoms with Crippen LogP contribution in [0.1, 0.15) is 26.2 Å². The van der Waals surface area contributed by atoms with E-state index in [0.29, 0.717) is 13.0 Å². The third kappa shape index (κ3) is 1.42. The van der Waals surface area contributed by atoms with E-state index in [0.717, 1.165) is 12.8 Å². The maximum Gasteiger partial charge on any atom is 0.155 e. The minimum Gasteiger partial charge on any atom is -0.330 e. The van der Waals surface area contributed by atoms with E-state index in [1.165, 1.54) is 0 Å².